The van der Waals surface area contributed by atoms with Crippen LogP contribution < -0.4 is 4.74 Å². The lowest BCUT2D eigenvalue weighted by Gasteiger charge is -2.34. The Labute approximate surface area is 190 Å². The molecular weight excluding hydrogens is 398 g/mol. The summed E-state index contributed by atoms with van der Waals surface area (Å²) in [5, 5.41) is 1.04. The summed E-state index contributed by atoms with van der Waals surface area (Å²) >= 11 is 0. The van der Waals surface area contributed by atoms with Gasteiger partial charge >= 0.3 is 0 Å². The molecule has 0 spiro atoms. The maximum Gasteiger partial charge on any atom is 0.247 e. The van der Waals surface area contributed by atoms with E-state index in [4.69, 9.17) is 9.15 Å². The molecule has 0 saturated carbocycles. The molecule has 4 nitrogen and oxygen atoms in total. The van der Waals surface area contributed by atoms with Gasteiger partial charge in [-0.3, -0.25) is 4.79 Å². The van der Waals surface area contributed by atoms with E-state index < -0.39 is 0 Å². The summed E-state index contributed by atoms with van der Waals surface area (Å²) in [6, 6.07) is 12.7. The van der Waals surface area contributed by atoms with Crippen molar-refractivity contribution in [1.29, 1.82) is 0 Å². The minimum absolute atomic E-state index is 0.102. The van der Waals surface area contributed by atoms with Crippen molar-refractivity contribution < 1.29 is 13.9 Å². The van der Waals surface area contributed by atoms with E-state index in [1.807, 2.05) is 50.1 Å². The fourth-order valence-corrected chi connectivity index (χ4v) is 4.84. The lowest BCUT2D eigenvalue weighted by atomic mass is 9.95. The molecule has 3 aromatic rings. The summed E-state index contributed by atoms with van der Waals surface area (Å²) in [5.74, 6) is 0.894. The highest BCUT2D eigenvalue weighted by Crippen LogP contribution is 2.40. The van der Waals surface area contributed by atoms with Gasteiger partial charge in [0.25, 0.3) is 0 Å². The van der Waals surface area contributed by atoms with Gasteiger partial charge in [-0.2, -0.15) is 0 Å². The van der Waals surface area contributed by atoms with E-state index in [-0.39, 0.29) is 5.91 Å². The number of hydrogen-bond acceptors (Lipinski definition) is 3. The van der Waals surface area contributed by atoms with Crippen LogP contribution >= 0.6 is 0 Å². The van der Waals surface area contributed by atoms with Crippen LogP contribution in [0.5, 0.6) is 5.75 Å². The zero-order valence-corrected chi connectivity index (χ0v) is 19.6. The van der Waals surface area contributed by atoms with Crippen LogP contribution in [0, 0.1) is 6.92 Å². The summed E-state index contributed by atoms with van der Waals surface area (Å²) in [7, 11) is 0. The number of amides is 1. The molecule has 168 valence electrons. The van der Waals surface area contributed by atoms with Crippen LogP contribution in [0.4, 0.5) is 0 Å². The molecule has 1 amide bonds. The van der Waals surface area contributed by atoms with E-state index in [2.05, 4.69) is 25.1 Å². The van der Waals surface area contributed by atoms with Crippen molar-refractivity contribution in [3.8, 4) is 16.9 Å². The Kier molecular flexibility index (Phi) is 6.69. The van der Waals surface area contributed by atoms with Crippen molar-refractivity contribution in [3.05, 3.63) is 59.9 Å². The van der Waals surface area contributed by atoms with E-state index in [0.29, 0.717) is 12.6 Å². The number of furan rings is 1. The molecule has 1 saturated heterocycles. The highest BCUT2D eigenvalue weighted by Gasteiger charge is 2.25. The number of likely N-dealkylation sites (tertiary alicyclic amines) is 1. The molecule has 1 aliphatic rings. The van der Waals surface area contributed by atoms with Crippen LogP contribution in [0.25, 0.3) is 27.7 Å². The normalized spacial score (nSPS) is 17.1. The largest absolute Gasteiger partial charge is 0.493 e. The average Bonchev–Trinajstić information content (AvgIpc) is 3.25. The maximum atomic E-state index is 13.2. The Morgan fingerprint density at radius 2 is 2.00 bits per heavy atom. The molecule has 0 bridgehead atoms. The first-order chi connectivity index (χ1) is 15.5. The molecule has 2 aromatic carbocycles. The van der Waals surface area contributed by atoms with Crippen LogP contribution in [0.3, 0.4) is 0 Å². The quantitative estimate of drug-likeness (QED) is 0.395. The third kappa shape index (κ3) is 4.19. The van der Waals surface area contributed by atoms with Gasteiger partial charge in [0.15, 0.2) is 0 Å². The summed E-state index contributed by atoms with van der Waals surface area (Å²) in [4.78, 5) is 15.2. The Bertz CT molecular complexity index is 1130. The van der Waals surface area contributed by atoms with E-state index >= 15 is 0 Å². The summed E-state index contributed by atoms with van der Waals surface area (Å²) in [6.45, 7) is 9.58. The van der Waals surface area contributed by atoms with Crippen molar-refractivity contribution in [3.63, 3.8) is 0 Å². The number of piperidine rings is 1. The summed E-state index contributed by atoms with van der Waals surface area (Å²) < 4.78 is 12.0. The molecule has 1 unspecified atom stereocenters. The molecular formula is C28H33NO3. The van der Waals surface area contributed by atoms with Gasteiger partial charge in [0.05, 0.1) is 12.9 Å². The number of fused-ring (bicyclic) bond motifs is 1. The second-order valence-corrected chi connectivity index (χ2v) is 8.62. The van der Waals surface area contributed by atoms with E-state index in [1.165, 1.54) is 6.42 Å². The first-order valence-electron chi connectivity index (χ1n) is 11.8. The van der Waals surface area contributed by atoms with Crippen LogP contribution in [0.1, 0.15) is 57.6 Å². The van der Waals surface area contributed by atoms with Gasteiger partial charge in [-0.05, 0) is 63.7 Å². The first-order valence-corrected chi connectivity index (χ1v) is 11.8. The Balaban J connectivity index is 1.80. The SMILES string of the molecule is CCOc1c(/C(C)=C/C(=O)N2CCCCC2CC)cc2c(-c3ccccc3)coc2c1C. The summed E-state index contributed by atoms with van der Waals surface area (Å²) in [5.41, 5.74) is 5.83. The van der Waals surface area contributed by atoms with Crippen molar-refractivity contribution in [2.45, 2.75) is 59.4 Å². The first kappa shape index (κ1) is 22.2. The fourth-order valence-electron chi connectivity index (χ4n) is 4.84. The molecule has 2 heterocycles. The molecule has 1 aliphatic heterocycles. The number of carbonyl (C=O) groups is 1. The van der Waals surface area contributed by atoms with Crippen LogP contribution in [0.2, 0.25) is 0 Å². The second kappa shape index (κ2) is 9.64. The van der Waals surface area contributed by atoms with Gasteiger partial charge in [-0.25, -0.2) is 0 Å². The topological polar surface area (TPSA) is 42.7 Å². The highest BCUT2D eigenvalue weighted by atomic mass is 16.5. The molecule has 0 aliphatic carbocycles. The molecule has 4 heteroatoms. The number of ether oxygens (including phenoxy) is 1. The number of benzene rings is 2. The van der Waals surface area contributed by atoms with E-state index in [9.17, 15) is 4.79 Å². The summed E-state index contributed by atoms with van der Waals surface area (Å²) in [6.07, 6.45) is 8.00. The average molecular weight is 432 g/mol. The van der Waals surface area contributed by atoms with Gasteiger partial charge in [0.1, 0.15) is 11.3 Å². The predicted molar refractivity (Wildman–Crippen MR) is 131 cm³/mol. The Hall–Kier alpha value is -3.01. The minimum atomic E-state index is 0.102. The van der Waals surface area contributed by atoms with Crippen LogP contribution in [-0.4, -0.2) is 30.0 Å². The minimum Gasteiger partial charge on any atom is -0.493 e. The monoisotopic (exact) mass is 431 g/mol. The van der Waals surface area contributed by atoms with Gasteiger partial charge < -0.3 is 14.1 Å². The molecule has 0 N–H and O–H groups in total. The Morgan fingerprint density at radius 3 is 2.72 bits per heavy atom. The lowest BCUT2D eigenvalue weighted by molar-refractivity contribution is -0.129. The molecule has 4 rings (SSSR count). The highest BCUT2D eigenvalue weighted by molar-refractivity contribution is 6.01. The standard InChI is InChI=1S/C28H33NO3/c1-5-22-14-10-11-15-29(22)26(30)16-19(3)23-17-24-25(21-12-8-7-9-13-21)18-32-28(24)20(4)27(23)31-6-2/h7-9,12-13,16-18,22H,5-6,10-11,14-15H2,1-4H3/b19-16+. The molecule has 0 radical (unpaired) electrons. The van der Waals surface area contributed by atoms with Crippen molar-refractivity contribution in [2.75, 3.05) is 13.2 Å². The smallest absolute Gasteiger partial charge is 0.247 e. The molecule has 32 heavy (non-hydrogen) atoms. The molecule has 1 fully saturated rings. The van der Waals surface area contributed by atoms with Crippen LogP contribution in [-0.2, 0) is 4.79 Å². The zero-order valence-electron chi connectivity index (χ0n) is 19.6. The Morgan fingerprint density at radius 1 is 1.22 bits per heavy atom. The van der Waals surface area contributed by atoms with Gasteiger partial charge in [-0.15, -0.1) is 0 Å². The van der Waals surface area contributed by atoms with E-state index in [0.717, 1.165) is 70.4 Å². The van der Waals surface area contributed by atoms with Crippen molar-refractivity contribution >= 4 is 22.4 Å². The molecule has 1 aromatic heterocycles. The second-order valence-electron chi connectivity index (χ2n) is 8.62. The zero-order chi connectivity index (χ0) is 22.7. The number of hydrogen-bond donors (Lipinski definition) is 0. The maximum absolute atomic E-state index is 13.2. The number of rotatable bonds is 6. The third-order valence-corrected chi connectivity index (χ3v) is 6.56. The number of carbonyl (C=O) groups excluding carboxylic acids is 1. The predicted octanol–water partition coefficient (Wildman–Crippen LogP) is 7.00. The van der Waals surface area contributed by atoms with Gasteiger partial charge in [0.2, 0.25) is 5.91 Å². The number of aryl methyl sites for hydroxylation is 1. The van der Waals surface area contributed by atoms with Gasteiger partial charge in [-0.1, -0.05) is 37.3 Å². The third-order valence-electron chi connectivity index (χ3n) is 6.56. The fraction of sp³-hybridized carbons (Fsp3) is 0.393. The number of nitrogens with zero attached hydrogens (tertiary/aromatic N) is 1. The number of allylic oxidation sites excluding steroid dienone is 1. The van der Waals surface area contributed by atoms with Crippen molar-refractivity contribution in [1.82, 2.24) is 4.90 Å². The van der Waals surface area contributed by atoms with Gasteiger partial charge in [0, 0.05) is 40.7 Å². The van der Waals surface area contributed by atoms with Crippen LogP contribution in [0.15, 0.2) is 53.2 Å². The molecule has 1 atom stereocenters. The lowest BCUT2D eigenvalue weighted by Crippen LogP contribution is -2.42. The van der Waals surface area contributed by atoms with Crippen molar-refractivity contribution in [2.24, 2.45) is 0 Å². The van der Waals surface area contributed by atoms with E-state index in [1.54, 1.807) is 6.08 Å².